The van der Waals surface area contributed by atoms with Gasteiger partial charge in [0.25, 0.3) is 0 Å². The highest BCUT2D eigenvalue weighted by molar-refractivity contribution is 5.79. The summed E-state index contributed by atoms with van der Waals surface area (Å²) in [4.78, 5) is 14.2. The van der Waals surface area contributed by atoms with Gasteiger partial charge in [0.15, 0.2) is 0 Å². The van der Waals surface area contributed by atoms with Gasteiger partial charge in [-0.15, -0.1) is 5.10 Å². The number of carbonyl (C=O) groups excluding carboxylic acids is 1. The maximum absolute atomic E-state index is 12.4. The first-order valence-corrected chi connectivity index (χ1v) is 7.17. The lowest BCUT2D eigenvalue weighted by Crippen LogP contribution is -2.35. The van der Waals surface area contributed by atoms with Gasteiger partial charge in [-0.2, -0.15) is 0 Å². The van der Waals surface area contributed by atoms with Gasteiger partial charge in [0.05, 0.1) is 6.04 Å². The zero-order valence-electron chi connectivity index (χ0n) is 12.5. The first-order valence-electron chi connectivity index (χ1n) is 7.17. The summed E-state index contributed by atoms with van der Waals surface area (Å²) >= 11 is 0. The molecule has 0 saturated carbocycles. The fraction of sp³-hybridized carbons (Fsp3) is 0.333. The van der Waals surface area contributed by atoms with Crippen LogP contribution >= 0.6 is 0 Å². The topological polar surface area (TPSA) is 77.1 Å². The normalized spacial score (nSPS) is 12.5. The number of amides is 1. The maximum atomic E-state index is 12.4. The largest absolute Gasteiger partial charge is 0.459 e. The highest BCUT2D eigenvalue weighted by Gasteiger charge is 2.23. The van der Waals surface area contributed by atoms with Crippen molar-refractivity contribution in [2.75, 3.05) is 6.54 Å². The van der Waals surface area contributed by atoms with E-state index in [1.54, 1.807) is 4.90 Å². The van der Waals surface area contributed by atoms with Crippen LogP contribution in [0.25, 0.3) is 11.0 Å². The van der Waals surface area contributed by atoms with Crippen molar-refractivity contribution in [3.8, 4) is 0 Å². The molecule has 0 aliphatic carbocycles. The van der Waals surface area contributed by atoms with Gasteiger partial charge in [0, 0.05) is 11.9 Å². The number of tetrazole rings is 1. The average Bonchev–Trinajstić information content (AvgIpc) is 3.16. The van der Waals surface area contributed by atoms with Crippen LogP contribution in [-0.2, 0) is 11.3 Å². The standard InChI is InChI=1S/C15H17N5O2/c1-3-20(15(21)9-19-10-16-17-18-19)11(2)14-8-12-6-4-5-7-13(12)22-14/h4-8,10-11H,3,9H2,1-2H3. The van der Waals surface area contributed by atoms with E-state index in [0.717, 1.165) is 16.7 Å². The van der Waals surface area contributed by atoms with E-state index in [9.17, 15) is 4.79 Å². The molecule has 22 heavy (non-hydrogen) atoms. The predicted molar refractivity (Wildman–Crippen MR) is 79.8 cm³/mol. The molecular formula is C15H17N5O2. The number of carbonyl (C=O) groups is 1. The zero-order chi connectivity index (χ0) is 15.5. The van der Waals surface area contributed by atoms with Crippen molar-refractivity contribution in [1.29, 1.82) is 0 Å². The van der Waals surface area contributed by atoms with Crippen LogP contribution in [0.2, 0.25) is 0 Å². The van der Waals surface area contributed by atoms with Crippen molar-refractivity contribution in [3.63, 3.8) is 0 Å². The Morgan fingerprint density at radius 2 is 2.23 bits per heavy atom. The Hall–Kier alpha value is -2.70. The number of hydrogen-bond donors (Lipinski definition) is 0. The Kier molecular flexibility index (Phi) is 3.86. The maximum Gasteiger partial charge on any atom is 0.245 e. The summed E-state index contributed by atoms with van der Waals surface area (Å²) in [6.45, 7) is 4.60. The van der Waals surface area contributed by atoms with Gasteiger partial charge in [0.2, 0.25) is 5.91 Å². The number of likely N-dealkylation sites (N-methyl/N-ethyl adjacent to an activating group) is 1. The smallest absolute Gasteiger partial charge is 0.245 e. The first-order chi connectivity index (χ1) is 10.7. The van der Waals surface area contributed by atoms with E-state index >= 15 is 0 Å². The van der Waals surface area contributed by atoms with Crippen LogP contribution in [0.3, 0.4) is 0 Å². The SMILES string of the molecule is CCN(C(=O)Cn1cnnn1)C(C)c1cc2ccccc2o1. The summed E-state index contributed by atoms with van der Waals surface area (Å²) in [6.07, 6.45) is 1.43. The number of aromatic nitrogens is 4. The van der Waals surface area contributed by atoms with Crippen molar-refractivity contribution in [1.82, 2.24) is 25.1 Å². The molecule has 0 N–H and O–H groups in total. The second-order valence-corrected chi connectivity index (χ2v) is 5.05. The van der Waals surface area contributed by atoms with E-state index in [4.69, 9.17) is 4.42 Å². The van der Waals surface area contributed by atoms with Gasteiger partial charge < -0.3 is 9.32 Å². The minimum atomic E-state index is -0.151. The van der Waals surface area contributed by atoms with Crippen molar-refractivity contribution in [2.45, 2.75) is 26.4 Å². The lowest BCUT2D eigenvalue weighted by molar-refractivity contribution is -0.134. The van der Waals surface area contributed by atoms with Gasteiger partial charge in [-0.1, -0.05) is 18.2 Å². The summed E-state index contributed by atoms with van der Waals surface area (Å²) < 4.78 is 7.27. The third-order valence-electron chi connectivity index (χ3n) is 3.67. The molecule has 3 aromatic rings. The van der Waals surface area contributed by atoms with Crippen LogP contribution in [0, 0.1) is 0 Å². The highest BCUT2D eigenvalue weighted by Crippen LogP contribution is 2.27. The molecule has 0 saturated heterocycles. The van der Waals surface area contributed by atoms with Crippen molar-refractivity contribution >= 4 is 16.9 Å². The number of benzene rings is 1. The number of para-hydroxylation sites is 1. The monoisotopic (exact) mass is 299 g/mol. The molecule has 0 fully saturated rings. The summed E-state index contributed by atoms with van der Waals surface area (Å²) in [7, 11) is 0. The lowest BCUT2D eigenvalue weighted by Gasteiger charge is -2.26. The fourth-order valence-corrected chi connectivity index (χ4v) is 2.51. The number of furan rings is 1. The van der Waals surface area contributed by atoms with Crippen LogP contribution in [0.5, 0.6) is 0 Å². The van der Waals surface area contributed by atoms with Crippen LogP contribution in [0.4, 0.5) is 0 Å². The molecule has 1 atom stereocenters. The Morgan fingerprint density at radius 1 is 1.41 bits per heavy atom. The van der Waals surface area contributed by atoms with E-state index in [1.807, 2.05) is 44.2 Å². The molecule has 3 rings (SSSR count). The van der Waals surface area contributed by atoms with E-state index in [2.05, 4.69) is 15.5 Å². The third-order valence-corrected chi connectivity index (χ3v) is 3.67. The predicted octanol–water partition coefficient (Wildman–Crippen LogP) is 2.03. The van der Waals surface area contributed by atoms with E-state index < -0.39 is 0 Å². The van der Waals surface area contributed by atoms with Gasteiger partial charge in [-0.25, -0.2) is 4.68 Å². The van der Waals surface area contributed by atoms with Crippen molar-refractivity contribution in [2.24, 2.45) is 0 Å². The van der Waals surface area contributed by atoms with Gasteiger partial charge in [-0.3, -0.25) is 4.79 Å². The van der Waals surface area contributed by atoms with Gasteiger partial charge >= 0.3 is 0 Å². The molecule has 0 spiro atoms. The Labute approximate surface area is 127 Å². The van der Waals surface area contributed by atoms with Gasteiger partial charge in [0.1, 0.15) is 24.2 Å². The molecule has 1 amide bonds. The third kappa shape index (κ3) is 2.69. The molecule has 7 nitrogen and oxygen atoms in total. The molecule has 0 aliphatic rings. The molecule has 1 aromatic carbocycles. The number of hydrogen-bond acceptors (Lipinski definition) is 5. The molecule has 0 radical (unpaired) electrons. The summed E-state index contributed by atoms with van der Waals surface area (Å²) in [5, 5.41) is 11.8. The van der Waals surface area contributed by atoms with Crippen molar-refractivity contribution < 1.29 is 9.21 Å². The first kappa shape index (κ1) is 14.2. The fourth-order valence-electron chi connectivity index (χ4n) is 2.51. The Morgan fingerprint density at radius 3 is 2.91 bits per heavy atom. The van der Waals surface area contributed by atoms with Crippen LogP contribution in [-0.4, -0.2) is 37.6 Å². The van der Waals surface area contributed by atoms with Crippen LogP contribution < -0.4 is 0 Å². The van der Waals surface area contributed by atoms with E-state index in [0.29, 0.717) is 6.54 Å². The Balaban J connectivity index is 1.81. The van der Waals surface area contributed by atoms with Crippen molar-refractivity contribution in [3.05, 3.63) is 42.4 Å². The second-order valence-electron chi connectivity index (χ2n) is 5.05. The Bertz CT molecular complexity index is 732. The summed E-state index contributed by atoms with van der Waals surface area (Å²) in [5.74, 6) is 0.718. The summed E-state index contributed by atoms with van der Waals surface area (Å²) in [6, 6.07) is 9.64. The molecule has 7 heteroatoms. The second kappa shape index (κ2) is 5.97. The number of nitrogens with zero attached hydrogens (tertiary/aromatic N) is 5. The van der Waals surface area contributed by atoms with E-state index in [-0.39, 0.29) is 18.5 Å². The van der Waals surface area contributed by atoms with Crippen LogP contribution in [0.1, 0.15) is 25.6 Å². The minimum Gasteiger partial charge on any atom is -0.459 e. The zero-order valence-corrected chi connectivity index (χ0v) is 12.5. The quantitative estimate of drug-likeness (QED) is 0.720. The molecule has 0 aliphatic heterocycles. The molecule has 114 valence electrons. The number of fused-ring (bicyclic) bond motifs is 1. The molecular weight excluding hydrogens is 282 g/mol. The highest BCUT2D eigenvalue weighted by atomic mass is 16.3. The van der Waals surface area contributed by atoms with E-state index in [1.165, 1.54) is 11.0 Å². The molecule has 0 bridgehead atoms. The number of rotatable bonds is 5. The summed E-state index contributed by atoms with van der Waals surface area (Å²) in [5.41, 5.74) is 0.827. The minimum absolute atomic E-state index is 0.0530. The molecule has 2 aromatic heterocycles. The molecule has 1 unspecified atom stereocenters. The molecule has 2 heterocycles. The average molecular weight is 299 g/mol. The lowest BCUT2D eigenvalue weighted by atomic mass is 10.2. The van der Waals surface area contributed by atoms with Crippen LogP contribution in [0.15, 0.2) is 41.1 Å². The van der Waals surface area contributed by atoms with Gasteiger partial charge in [-0.05, 0) is 36.4 Å².